The number of benzene rings is 7. The van der Waals surface area contributed by atoms with Gasteiger partial charge < -0.3 is 69.4 Å². The lowest BCUT2D eigenvalue weighted by molar-refractivity contribution is -0.146. The fourth-order valence-electron chi connectivity index (χ4n) is 12.9. The molecule has 13 rings (SSSR count). The van der Waals surface area contributed by atoms with Crippen LogP contribution in [0.15, 0.2) is 247 Å². The van der Waals surface area contributed by atoms with Crippen LogP contribution in [0.3, 0.4) is 0 Å². The molecule has 1 saturated heterocycles. The van der Waals surface area contributed by atoms with Crippen LogP contribution >= 0.6 is 129 Å². The van der Waals surface area contributed by atoms with Crippen LogP contribution in [-0.4, -0.2) is 167 Å². The minimum Gasteiger partial charge on any atom is -0.508 e. The van der Waals surface area contributed by atoms with Gasteiger partial charge in [0.25, 0.3) is 0 Å². The summed E-state index contributed by atoms with van der Waals surface area (Å²) in [6.07, 6.45) is 16.0. The number of hydrogen-bond donors (Lipinski definition) is 7. The first-order valence-corrected chi connectivity index (χ1v) is 51.4. The SMILES string of the molecule is C.CC1(C)OB(c2ccc(-c3cccs3)s2)OC1(C)C.OCC1CCCC1Br.OCCCCCCOc1ccc(I)cc1.Oc1ccc(I)cc1.[B]C(=O)N[C@@H](Cc1ccccc1)C(=O)O.[B]C(=O)N[C@@H](Cc1ccccc1)C(=O)OCCCCCCOc1ccc(-c2ccc(-c3cccs3)s2)cc1.[B]C(=O)N[C@@H](Cc1ccccc1)C(=O)OCCCCCCOc1ccc(I)cc1. The topological polar surface area (TPSA) is 284 Å². The first-order valence-electron chi connectivity index (χ1n) is 43.9. The van der Waals surface area contributed by atoms with Gasteiger partial charge >= 0.3 is 25.0 Å². The summed E-state index contributed by atoms with van der Waals surface area (Å²) in [6, 6.07) is 73.7. The molecule has 2 fully saturated rings. The van der Waals surface area contributed by atoms with Gasteiger partial charge in [-0.25, -0.2) is 14.4 Å². The van der Waals surface area contributed by atoms with Gasteiger partial charge in [-0.2, -0.15) is 0 Å². The predicted octanol–water partition coefficient (Wildman–Crippen LogP) is 23.1. The van der Waals surface area contributed by atoms with E-state index in [0.717, 1.165) is 126 Å². The third-order valence-corrected chi connectivity index (χ3v) is 28.5. The monoisotopic (exact) mass is 2280 g/mol. The number of unbranched alkanes of at least 4 members (excludes halogenated alkanes) is 9. The smallest absolute Gasteiger partial charge is 0.505 e. The van der Waals surface area contributed by atoms with Gasteiger partial charge in [0.2, 0.25) is 23.5 Å². The Bertz CT molecular complexity index is 5030. The minimum atomic E-state index is -1.10. The molecule has 0 bridgehead atoms. The number of phenols is 1. The lowest BCUT2D eigenvalue weighted by Crippen LogP contribution is -2.43. The zero-order chi connectivity index (χ0) is 95.3. The number of aromatic hydroxyl groups is 1. The molecule has 6 radical (unpaired) electrons. The number of esters is 2. The number of aliphatic carboxylic acids is 1. The van der Waals surface area contributed by atoms with E-state index in [0.29, 0.717) is 69.0 Å². The van der Waals surface area contributed by atoms with Gasteiger partial charge in [0.15, 0.2) is 17.4 Å². The standard InChI is InChI=1S/C30H30BNO4S2.C22H25BINO4.C14H17BO2S2.C12H17IO2.C10H10BNO3.C6H11BrO.C6H5IO.CH4/c31-30(34)32-25(21-22-9-4-3-5-10-22)29(33)36-19-7-2-1-6-18-35-24-14-12-23(13-15-24)26-16-17-28(38-26)27-11-8-20-37-27;23-22(27)25-20(16-17-8-4-3-5-9-17)21(26)29-15-7-2-1-6-14-28-19-12-10-18(24)11-13-19;1-13(2)14(3,4)17-15(16-13)12-8-7-11(19-12)10-6-5-9-18-10;13-11-5-7-12(8-6-11)15-10-4-2-1-3-9-14;11-10(15)12-8(9(13)14)6-7-4-2-1-3-5-7;7-6-3-1-2-5(6)4-8;7-5-1-3-6(8)4-2-5;/h3-5,8-17,20,25H,1-2,6-7,18-19,21H2,(H,32,34);3-5,8-13,20H,1-2,6-7,14-16H2,(H,25,27);5-9H,1-4H3;5-8,14H,1-4,9-10H2;1-5,8H,6H2,(H,12,15)(H,13,14);5-6,8H,1-4H2;1-4,8H;1H4/t25-;20-;;;8-;;;/m00..0.../s1. The summed E-state index contributed by atoms with van der Waals surface area (Å²) >= 11 is 17.3. The Morgan fingerprint density at radius 3 is 1.16 bits per heavy atom. The number of carbonyl (C=O) groups is 6. The maximum absolute atomic E-state index is 12.4. The Hall–Kier alpha value is -7.87. The van der Waals surface area contributed by atoms with E-state index in [9.17, 15) is 28.8 Å². The summed E-state index contributed by atoms with van der Waals surface area (Å²) in [4.78, 5) is 75.5. The van der Waals surface area contributed by atoms with Crippen LogP contribution in [0, 0.1) is 16.6 Å². The van der Waals surface area contributed by atoms with Gasteiger partial charge in [0.05, 0.1) is 44.2 Å². The molecule has 704 valence electrons. The number of aliphatic hydroxyl groups excluding tert-OH is 2. The molecule has 2 unspecified atom stereocenters. The van der Waals surface area contributed by atoms with E-state index < -0.39 is 53.5 Å². The highest BCUT2D eigenvalue weighted by atomic mass is 127. The highest BCUT2D eigenvalue weighted by molar-refractivity contribution is 14.1. The van der Waals surface area contributed by atoms with Gasteiger partial charge in [-0.05, 0) is 345 Å². The lowest BCUT2D eigenvalue weighted by Gasteiger charge is -2.32. The fourth-order valence-corrected chi connectivity index (χ4v) is 18.4. The summed E-state index contributed by atoms with van der Waals surface area (Å²) in [5.41, 5.74) is 3.33. The van der Waals surface area contributed by atoms with E-state index in [-0.39, 0.29) is 32.2 Å². The van der Waals surface area contributed by atoms with Crippen molar-refractivity contribution in [3.63, 3.8) is 0 Å². The number of rotatable bonds is 40. The predicted molar refractivity (Wildman–Crippen MR) is 573 cm³/mol. The zero-order valence-corrected chi connectivity index (χ0v) is 86.1. The van der Waals surface area contributed by atoms with Crippen LogP contribution in [0.2, 0.25) is 0 Å². The molecule has 3 amide bonds. The molecule has 1 aliphatic heterocycles. The van der Waals surface area contributed by atoms with Gasteiger partial charge in [-0.1, -0.05) is 145 Å². The Kier molecular flexibility index (Phi) is 55.0. The van der Waals surface area contributed by atoms with Crippen molar-refractivity contribution in [1.29, 1.82) is 0 Å². The molecule has 7 N–H and O–H groups in total. The largest absolute Gasteiger partial charge is 0.508 e. The van der Waals surface area contributed by atoms with Gasteiger partial charge in [-0.15, -0.1) is 45.3 Å². The second-order valence-corrected chi connectivity index (χ2v) is 40.7. The van der Waals surface area contributed by atoms with E-state index in [4.69, 9.17) is 77.0 Å². The number of nitrogens with one attached hydrogen (secondary N) is 3. The Labute approximate surface area is 854 Å². The fraction of sp³-hybridized carbons (Fsp3) is 0.366. The van der Waals surface area contributed by atoms with Crippen LogP contribution in [0.25, 0.3) is 29.9 Å². The second kappa shape index (κ2) is 64.3. The number of aliphatic hydroxyl groups is 2. The van der Waals surface area contributed by atoms with Gasteiger partial charge in [-0.3, -0.25) is 14.4 Å². The molecule has 1 aliphatic carbocycles. The maximum atomic E-state index is 12.4. The van der Waals surface area contributed by atoms with Crippen molar-refractivity contribution in [2.24, 2.45) is 5.92 Å². The zero-order valence-electron chi connectivity index (χ0n) is 74.8. The van der Waals surface area contributed by atoms with Crippen LogP contribution < -0.4 is 34.9 Å². The van der Waals surface area contributed by atoms with Crippen LogP contribution in [0.4, 0.5) is 14.4 Å². The molecular formula is C101H119B4BrI3N3O17S4. The van der Waals surface area contributed by atoms with Crippen molar-refractivity contribution in [1.82, 2.24) is 16.0 Å². The molecular weight excluding hydrogens is 2160 g/mol. The van der Waals surface area contributed by atoms with Crippen molar-refractivity contribution in [3.8, 4) is 52.9 Å². The van der Waals surface area contributed by atoms with Crippen molar-refractivity contribution in [3.05, 3.63) is 275 Å². The average molecular weight is 2280 g/mol. The number of halogens is 4. The molecule has 1 saturated carbocycles. The summed E-state index contributed by atoms with van der Waals surface area (Å²) in [5.74, 6) is -0.799. The third kappa shape index (κ3) is 45.8. The van der Waals surface area contributed by atoms with Crippen LogP contribution in [0.5, 0.6) is 23.0 Å². The minimum absolute atomic E-state index is 0. The highest BCUT2D eigenvalue weighted by Gasteiger charge is 2.52. The molecule has 0 spiro atoms. The highest BCUT2D eigenvalue weighted by Crippen LogP contribution is 2.40. The van der Waals surface area contributed by atoms with Gasteiger partial charge in [0.1, 0.15) is 41.1 Å². The van der Waals surface area contributed by atoms with Crippen LogP contribution in [0.1, 0.15) is 148 Å². The number of amides is 3. The number of thiophene rings is 4. The van der Waals surface area contributed by atoms with E-state index in [1.54, 1.807) is 81.7 Å². The van der Waals surface area contributed by atoms with Crippen molar-refractivity contribution >= 4 is 200 Å². The van der Waals surface area contributed by atoms with Gasteiger partial charge in [0, 0.05) is 77.2 Å². The molecule has 133 heavy (non-hydrogen) atoms. The number of carboxylic acids is 1. The number of alkyl halides is 1. The molecule has 2 aliphatic rings. The van der Waals surface area contributed by atoms with E-state index in [1.807, 2.05) is 140 Å². The van der Waals surface area contributed by atoms with E-state index >= 15 is 0 Å². The number of hydrogen-bond acceptors (Lipinski definition) is 20. The first kappa shape index (κ1) is 114. The first-order chi connectivity index (χ1) is 63.6. The molecule has 5 atom stereocenters. The number of phenolic OH excluding ortho intramolecular Hbond substituents is 1. The lowest BCUT2D eigenvalue weighted by atomic mass is 9.88. The van der Waals surface area contributed by atoms with Crippen molar-refractivity contribution in [2.75, 3.05) is 46.2 Å². The van der Waals surface area contributed by atoms with Crippen molar-refractivity contribution < 1.29 is 82.2 Å². The normalized spacial score (nSPS) is 14.1. The summed E-state index contributed by atoms with van der Waals surface area (Å²) in [6.45, 7) is 11.7. The van der Waals surface area contributed by atoms with E-state index in [1.165, 1.54) is 56.4 Å². The molecule has 32 heteroatoms. The molecule has 20 nitrogen and oxygen atoms in total. The summed E-state index contributed by atoms with van der Waals surface area (Å²) < 4.78 is 44.7. The summed E-state index contributed by atoms with van der Waals surface area (Å²) in [7, 11) is 15.0. The number of carboxylic acid groups (broad SMARTS) is 1. The second-order valence-electron chi connectivity index (χ2n) is 31.6. The number of ether oxygens (including phenoxy) is 5. The molecule has 11 aromatic rings. The maximum Gasteiger partial charge on any atom is 0.505 e. The molecule has 5 heterocycles. The molecule has 7 aromatic carbocycles. The van der Waals surface area contributed by atoms with E-state index in [2.05, 4.69) is 199 Å². The summed E-state index contributed by atoms with van der Waals surface area (Å²) in [5, 5.41) is 46.2. The Morgan fingerprint density at radius 2 is 0.805 bits per heavy atom. The third-order valence-electron chi connectivity index (χ3n) is 20.7. The van der Waals surface area contributed by atoms with Crippen LogP contribution in [-0.2, 0) is 52.4 Å². The average Bonchev–Trinajstić information content (AvgIpc) is 1.62. The Balaban J connectivity index is 0.000000254. The number of carbonyl (C=O) groups excluding carboxylic acids is 5. The molecule has 4 aromatic heterocycles. The van der Waals surface area contributed by atoms with Crippen molar-refractivity contribution in [2.45, 2.75) is 185 Å². The Morgan fingerprint density at radius 1 is 0.444 bits per heavy atom. The quantitative estimate of drug-likeness (QED) is 0.00618.